The minimum absolute atomic E-state index is 0.00227. The highest BCUT2D eigenvalue weighted by molar-refractivity contribution is 5.70. The number of benzene rings is 1. The van der Waals surface area contributed by atoms with Gasteiger partial charge in [-0.05, 0) is 11.1 Å². The minimum Gasteiger partial charge on any atom is -0.481 e. The summed E-state index contributed by atoms with van der Waals surface area (Å²) in [4.78, 5) is 10.6. The molecule has 0 aliphatic carbocycles. The molecule has 0 amide bonds. The summed E-state index contributed by atoms with van der Waals surface area (Å²) in [6.45, 7) is 3.58. The van der Waals surface area contributed by atoms with E-state index in [-0.39, 0.29) is 12.5 Å². The molecular formula is C11H13NO2. The van der Waals surface area contributed by atoms with Crippen LogP contribution in [0.4, 0.5) is 0 Å². The van der Waals surface area contributed by atoms with Gasteiger partial charge in [0.1, 0.15) is 0 Å². The van der Waals surface area contributed by atoms with Crippen molar-refractivity contribution in [2.24, 2.45) is 5.73 Å². The smallest absolute Gasteiger partial charge is 0.307 e. The first kappa shape index (κ1) is 10.5. The minimum atomic E-state index is -0.853. The van der Waals surface area contributed by atoms with Crippen molar-refractivity contribution in [3.8, 4) is 0 Å². The van der Waals surface area contributed by atoms with Gasteiger partial charge in [0, 0.05) is 6.04 Å². The van der Waals surface area contributed by atoms with Crippen LogP contribution in [0.15, 0.2) is 36.9 Å². The summed E-state index contributed by atoms with van der Waals surface area (Å²) in [6, 6.07) is 6.93. The molecule has 0 spiro atoms. The number of carboxylic acid groups (broad SMARTS) is 1. The van der Waals surface area contributed by atoms with Gasteiger partial charge in [-0.2, -0.15) is 0 Å². The summed E-state index contributed by atoms with van der Waals surface area (Å²) >= 11 is 0. The molecule has 3 N–H and O–H groups in total. The van der Waals surface area contributed by atoms with Crippen molar-refractivity contribution in [2.45, 2.75) is 12.5 Å². The lowest BCUT2D eigenvalue weighted by atomic mass is 9.99. The molecule has 0 aromatic heterocycles. The Bertz CT molecular complexity index is 347. The van der Waals surface area contributed by atoms with Gasteiger partial charge in [0.15, 0.2) is 0 Å². The maximum Gasteiger partial charge on any atom is 0.307 e. The third-order valence-electron chi connectivity index (χ3n) is 2.01. The van der Waals surface area contributed by atoms with Crippen LogP contribution >= 0.6 is 0 Å². The van der Waals surface area contributed by atoms with Crippen molar-refractivity contribution in [1.82, 2.24) is 0 Å². The molecule has 1 rings (SSSR count). The topological polar surface area (TPSA) is 63.3 Å². The van der Waals surface area contributed by atoms with E-state index in [0.717, 1.165) is 11.1 Å². The molecule has 0 saturated heterocycles. The number of carboxylic acids is 1. The Hall–Kier alpha value is -1.61. The Morgan fingerprint density at radius 2 is 2.21 bits per heavy atom. The molecule has 0 aliphatic heterocycles. The van der Waals surface area contributed by atoms with Crippen LogP contribution in [0.2, 0.25) is 0 Å². The molecule has 14 heavy (non-hydrogen) atoms. The lowest BCUT2D eigenvalue weighted by Crippen LogP contribution is -2.11. The monoisotopic (exact) mass is 191 g/mol. The predicted molar refractivity (Wildman–Crippen MR) is 54.9 cm³/mol. The first-order valence-electron chi connectivity index (χ1n) is 4.33. The third kappa shape index (κ3) is 2.44. The van der Waals surface area contributed by atoms with Crippen LogP contribution in [0.25, 0.3) is 0 Å². The van der Waals surface area contributed by atoms with E-state index >= 15 is 0 Å². The lowest BCUT2D eigenvalue weighted by molar-refractivity contribution is -0.136. The molecule has 1 unspecified atom stereocenters. The molecule has 74 valence electrons. The zero-order chi connectivity index (χ0) is 10.6. The van der Waals surface area contributed by atoms with Crippen molar-refractivity contribution in [3.05, 3.63) is 48.0 Å². The van der Waals surface area contributed by atoms with Gasteiger partial charge in [0.25, 0.3) is 0 Å². The average Bonchev–Trinajstić information content (AvgIpc) is 2.16. The largest absolute Gasteiger partial charge is 0.481 e. The molecule has 0 radical (unpaired) electrons. The van der Waals surface area contributed by atoms with Crippen molar-refractivity contribution in [1.29, 1.82) is 0 Å². The van der Waals surface area contributed by atoms with Crippen LogP contribution in [0.3, 0.4) is 0 Å². The van der Waals surface area contributed by atoms with E-state index in [4.69, 9.17) is 10.8 Å². The van der Waals surface area contributed by atoms with E-state index in [1.165, 1.54) is 0 Å². The van der Waals surface area contributed by atoms with Crippen LogP contribution in [0.5, 0.6) is 0 Å². The highest BCUT2D eigenvalue weighted by Crippen LogP contribution is 2.17. The molecule has 0 heterocycles. The SMILES string of the molecule is C=CC(N)c1ccccc1CC(=O)O. The fourth-order valence-electron chi connectivity index (χ4n) is 1.31. The average molecular weight is 191 g/mol. The van der Waals surface area contributed by atoms with Gasteiger partial charge in [-0.3, -0.25) is 4.79 Å². The Morgan fingerprint density at radius 1 is 1.57 bits per heavy atom. The Morgan fingerprint density at radius 3 is 2.79 bits per heavy atom. The molecule has 0 saturated carbocycles. The highest BCUT2D eigenvalue weighted by Gasteiger charge is 2.09. The van der Waals surface area contributed by atoms with Gasteiger partial charge >= 0.3 is 5.97 Å². The standard InChI is InChI=1S/C11H13NO2/c1-2-10(12)9-6-4-3-5-8(9)7-11(13)14/h2-6,10H,1,7,12H2,(H,13,14). The van der Waals surface area contributed by atoms with Crippen molar-refractivity contribution < 1.29 is 9.90 Å². The van der Waals surface area contributed by atoms with Crippen LogP contribution in [-0.4, -0.2) is 11.1 Å². The number of hydrogen-bond acceptors (Lipinski definition) is 2. The van der Waals surface area contributed by atoms with Gasteiger partial charge in [0.2, 0.25) is 0 Å². The first-order chi connectivity index (χ1) is 6.65. The van der Waals surface area contributed by atoms with Crippen molar-refractivity contribution in [2.75, 3.05) is 0 Å². The summed E-state index contributed by atoms with van der Waals surface area (Å²) in [7, 11) is 0. The van der Waals surface area contributed by atoms with Crippen LogP contribution in [0, 0.1) is 0 Å². The van der Waals surface area contributed by atoms with Gasteiger partial charge in [0.05, 0.1) is 6.42 Å². The predicted octanol–water partition coefficient (Wildman–Crippen LogP) is 1.50. The summed E-state index contributed by atoms with van der Waals surface area (Å²) < 4.78 is 0. The van der Waals surface area contributed by atoms with Gasteiger partial charge in [-0.15, -0.1) is 6.58 Å². The number of hydrogen-bond donors (Lipinski definition) is 2. The zero-order valence-electron chi connectivity index (χ0n) is 7.81. The van der Waals surface area contributed by atoms with E-state index in [1.54, 1.807) is 18.2 Å². The lowest BCUT2D eigenvalue weighted by Gasteiger charge is -2.11. The maximum atomic E-state index is 10.6. The van der Waals surface area contributed by atoms with E-state index in [1.807, 2.05) is 12.1 Å². The maximum absolute atomic E-state index is 10.6. The Balaban J connectivity index is 3.02. The Labute approximate surface area is 82.9 Å². The fraction of sp³-hybridized carbons (Fsp3) is 0.182. The summed E-state index contributed by atoms with van der Waals surface area (Å²) in [6.07, 6.45) is 1.60. The van der Waals surface area contributed by atoms with E-state index in [2.05, 4.69) is 6.58 Å². The van der Waals surface area contributed by atoms with Crippen LogP contribution < -0.4 is 5.73 Å². The first-order valence-corrected chi connectivity index (χ1v) is 4.33. The van der Waals surface area contributed by atoms with E-state index in [9.17, 15) is 4.79 Å². The summed E-state index contributed by atoms with van der Waals surface area (Å²) in [5.41, 5.74) is 7.33. The van der Waals surface area contributed by atoms with Crippen molar-refractivity contribution >= 4 is 5.97 Å². The molecule has 3 heteroatoms. The highest BCUT2D eigenvalue weighted by atomic mass is 16.4. The molecule has 1 aromatic rings. The molecule has 0 fully saturated rings. The quantitative estimate of drug-likeness (QED) is 0.709. The van der Waals surface area contributed by atoms with Crippen LogP contribution in [-0.2, 0) is 11.2 Å². The number of aliphatic carboxylic acids is 1. The fourth-order valence-corrected chi connectivity index (χ4v) is 1.31. The molecular weight excluding hydrogens is 178 g/mol. The number of carbonyl (C=O) groups is 1. The summed E-state index contributed by atoms with van der Waals surface area (Å²) in [5.74, 6) is -0.853. The molecule has 0 aliphatic rings. The van der Waals surface area contributed by atoms with Gasteiger partial charge < -0.3 is 10.8 Å². The number of nitrogens with two attached hydrogens (primary N) is 1. The van der Waals surface area contributed by atoms with E-state index in [0.29, 0.717) is 0 Å². The zero-order valence-corrected chi connectivity index (χ0v) is 7.81. The normalized spacial score (nSPS) is 12.1. The summed E-state index contributed by atoms with van der Waals surface area (Å²) in [5, 5.41) is 8.68. The molecule has 1 aromatic carbocycles. The van der Waals surface area contributed by atoms with Crippen LogP contribution in [0.1, 0.15) is 17.2 Å². The second-order valence-electron chi connectivity index (χ2n) is 3.03. The molecule has 1 atom stereocenters. The van der Waals surface area contributed by atoms with Gasteiger partial charge in [-0.25, -0.2) is 0 Å². The second kappa shape index (κ2) is 4.58. The van der Waals surface area contributed by atoms with Gasteiger partial charge in [-0.1, -0.05) is 30.3 Å². The third-order valence-corrected chi connectivity index (χ3v) is 2.01. The second-order valence-corrected chi connectivity index (χ2v) is 3.03. The van der Waals surface area contributed by atoms with E-state index < -0.39 is 5.97 Å². The molecule has 0 bridgehead atoms. The van der Waals surface area contributed by atoms with Crippen molar-refractivity contribution in [3.63, 3.8) is 0 Å². The molecule has 3 nitrogen and oxygen atoms in total. The number of rotatable bonds is 4. The Kier molecular flexibility index (Phi) is 3.42.